The Balaban J connectivity index is 1.63. The number of phenolic OH excluding ortho intramolecular Hbond substituents is 1. The number of phenols is 1. The van der Waals surface area contributed by atoms with Crippen molar-refractivity contribution in [2.75, 3.05) is 0 Å². The molecule has 0 spiro atoms. The molecule has 0 radical (unpaired) electrons. The smallest absolute Gasteiger partial charge is 0.240 e. The number of benzene rings is 3. The quantitative estimate of drug-likeness (QED) is 0.369. The van der Waals surface area contributed by atoms with Crippen molar-refractivity contribution < 1.29 is 9.90 Å². The molecule has 0 saturated carbocycles. The molecule has 3 aromatic carbocycles. The van der Waals surface area contributed by atoms with E-state index in [4.69, 9.17) is 0 Å². The Hall–Kier alpha value is -2.18. The zero-order valence-electron chi connectivity index (χ0n) is 14.7. The number of hydrogen-bond acceptors (Lipinski definition) is 3. The summed E-state index contributed by atoms with van der Waals surface area (Å²) in [6.07, 6.45) is 2.40. The van der Waals surface area contributed by atoms with Gasteiger partial charge in [0.2, 0.25) is 5.91 Å². The minimum absolute atomic E-state index is 0.0875. The van der Waals surface area contributed by atoms with Gasteiger partial charge in [-0.3, -0.25) is 4.79 Å². The molecule has 2 N–H and O–H groups in total. The van der Waals surface area contributed by atoms with Crippen LogP contribution in [0.3, 0.4) is 0 Å². The van der Waals surface area contributed by atoms with Crippen LogP contribution in [0.4, 0.5) is 0 Å². The van der Waals surface area contributed by atoms with E-state index in [-0.39, 0.29) is 11.7 Å². The number of hydrazone groups is 1. The molecule has 0 aliphatic carbocycles. The molecule has 0 aliphatic rings. The van der Waals surface area contributed by atoms with Crippen molar-refractivity contribution in [3.8, 4) is 5.75 Å². The third-order valence-electron chi connectivity index (χ3n) is 4.35. The van der Waals surface area contributed by atoms with Crippen LogP contribution in [0.15, 0.2) is 62.6 Å². The molecule has 0 atom stereocenters. The Bertz CT molecular complexity index is 1030. The molecule has 0 fully saturated rings. The molecule has 6 heteroatoms. The summed E-state index contributed by atoms with van der Waals surface area (Å²) in [5.41, 5.74) is 5.05. The summed E-state index contributed by atoms with van der Waals surface area (Å²) in [4.78, 5) is 12.1. The Labute approximate surface area is 174 Å². The van der Waals surface area contributed by atoms with E-state index in [9.17, 15) is 9.90 Å². The normalized spacial score (nSPS) is 11.2. The van der Waals surface area contributed by atoms with E-state index in [0.29, 0.717) is 22.9 Å². The molecule has 0 heterocycles. The summed E-state index contributed by atoms with van der Waals surface area (Å²) in [7, 11) is 0. The van der Waals surface area contributed by atoms with Crippen LogP contribution in [0.5, 0.6) is 5.75 Å². The first-order valence-corrected chi connectivity index (χ1v) is 10.0. The third kappa shape index (κ3) is 4.57. The molecular weight excluding hydrogens is 472 g/mol. The number of hydrogen-bond donors (Lipinski definition) is 2. The van der Waals surface area contributed by atoms with Crippen molar-refractivity contribution in [2.24, 2.45) is 5.10 Å². The molecule has 0 bridgehead atoms. The standard InChI is InChI=1S/C21H18Br2N2O2/c1-13-18(22)11-16(21(27)20(13)23)12-24-25-19(26)10-9-15-7-4-6-14-5-2-3-8-17(14)15/h2-8,11-12,27H,9-10H2,1H3,(H,25,26)/b24-12-. The SMILES string of the molecule is Cc1c(Br)cc(/C=N\NC(=O)CCc2cccc3ccccc23)c(O)c1Br. The second-order valence-corrected chi connectivity index (χ2v) is 7.81. The lowest BCUT2D eigenvalue weighted by atomic mass is 10.0. The van der Waals surface area contributed by atoms with E-state index < -0.39 is 0 Å². The molecule has 0 aliphatic heterocycles. The van der Waals surface area contributed by atoms with Crippen molar-refractivity contribution in [3.05, 3.63) is 74.2 Å². The average molecular weight is 490 g/mol. The average Bonchev–Trinajstić information content (AvgIpc) is 2.68. The van der Waals surface area contributed by atoms with Gasteiger partial charge in [-0.2, -0.15) is 5.10 Å². The molecule has 3 rings (SSSR count). The second kappa shape index (κ2) is 8.67. The maximum absolute atomic E-state index is 12.1. The number of nitrogens with zero attached hydrogens (tertiary/aromatic N) is 1. The maximum Gasteiger partial charge on any atom is 0.240 e. The topological polar surface area (TPSA) is 61.7 Å². The summed E-state index contributed by atoms with van der Waals surface area (Å²) in [5, 5.41) is 16.4. The number of nitrogens with one attached hydrogen (secondary N) is 1. The van der Waals surface area contributed by atoms with Gasteiger partial charge in [0.25, 0.3) is 0 Å². The van der Waals surface area contributed by atoms with Crippen LogP contribution in [-0.4, -0.2) is 17.2 Å². The Morgan fingerprint density at radius 1 is 1.19 bits per heavy atom. The number of carbonyl (C=O) groups excluding carboxylic acids is 1. The highest BCUT2D eigenvalue weighted by Gasteiger charge is 2.10. The largest absolute Gasteiger partial charge is 0.506 e. The number of carbonyl (C=O) groups is 1. The van der Waals surface area contributed by atoms with Crippen LogP contribution in [0.25, 0.3) is 10.8 Å². The van der Waals surface area contributed by atoms with Crippen LogP contribution in [0.1, 0.15) is 23.1 Å². The highest BCUT2D eigenvalue weighted by Crippen LogP contribution is 2.35. The van der Waals surface area contributed by atoms with E-state index >= 15 is 0 Å². The third-order valence-corrected chi connectivity index (χ3v) is 6.14. The Kier molecular flexibility index (Phi) is 6.29. The summed E-state index contributed by atoms with van der Waals surface area (Å²) in [6.45, 7) is 1.88. The minimum atomic E-state index is -0.177. The molecule has 0 unspecified atom stereocenters. The Morgan fingerprint density at radius 2 is 1.93 bits per heavy atom. The monoisotopic (exact) mass is 488 g/mol. The van der Waals surface area contributed by atoms with E-state index in [0.717, 1.165) is 21.0 Å². The fraction of sp³-hybridized carbons (Fsp3) is 0.143. The molecule has 0 aromatic heterocycles. The summed E-state index contributed by atoms with van der Waals surface area (Å²) in [6, 6.07) is 16.0. The highest BCUT2D eigenvalue weighted by atomic mass is 79.9. The minimum Gasteiger partial charge on any atom is -0.506 e. The van der Waals surface area contributed by atoms with Crippen molar-refractivity contribution in [1.82, 2.24) is 5.43 Å². The number of aryl methyl sites for hydroxylation is 1. The first kappa shape index (κ1) is 19.6. The number of amides is 1. The van der Waals surface area contributed by atoms with Gasteiger partial charge in [0.15, 0.2) is 0 Å². The van der Waals surface area contributed by atoms with Gasteiger partial charge in [0.1, 0.15) is 5.75 Å². The number of fused-ring (bicyclic) bond motifs is 1. The summed E-state index contributed by atoms with van der Waals surface area (Å²) >= 11 is 6.78. The molecule has 3 aromatic rings. The number of rotatable bonds is 5. The zero-order chi connectivity index (χ0) is 19.4. The van der Waals surface area contributed by atoms with Gasteiger partial charge in [-0.25, -0.2) is 5.43 Å². The van der Waals surface area contributed by atoms with Gasteiger partial charge in [-0.05, 0) is 57.2 Å². The van der Waals surface area contributed by atoms with E-state index in [1.165, 1.54) is 11.6 Å². The summed E-state index contributed by atoms with van der Waals surface area (Å²) < 4.78 is 1.44. The van der Waals surface area contributed by atoms with Crippen LogP contribution < -0.4 is 5.43 Å². The van der Waals surface area contributed by atoms with Crippen LogP contribution in [0.2, 0.25) is 0 Å². The van der Waals surface area contributed by atoms with Gasteiger partial charge in [-0.1, -0.05) is 58.4 Å². The lowest BCUT2D eigenvalue weighted by Crippen LogP contribution is -2.18. The molecule has 1 amide bonds. The van der Waals surface area contributed by atoms with E-state index in [1.807, 2.05) is 31.2 Å². The fourth-order valence-corrected chi connectivity index (χ4v) is 3.96. The van der Waals surface area contributed by atoms with Crippen molar-refractivity contribution in [3.63, 3.8) is 0 Å². The molecule has 27 heavy (non-hydrogen) atoms. The van der Waals surface area contributed by atoms with Gasteiger partial charge in [0.05, 0.1) is 10.7 Å². The lowest BCUT2D eigenvalue weighted by molar-refractivity contribution is -0.121. The van der Waals surface area contributed by atoms with Crippen LogP contribution in [0, 0.1) is 6.92 Å². The van der Waals surface area contributed by atoms with Crippen molar-refractivity contribution in [1.29, 1.82) is 0 Å². The van der Waals surface area contributed by atoms with Gasteiger partial charge in [-0.15, -0.1) is 0 Å². The number of halogens is 2. The first-order valence-electron chi connectivity index (χ1n) is 8.43. The van der Waals surface area contributed by atoms with Crippen LogP contribution in [-0.2, 0) is 11.2 Å². The van der Waals surface area contributed by atoms with E-state index in [2.05, 4.69) is 60.6 Å². The molecular formula is C21H18Br2N2O2. The van der Waals surface area contributed by atoms with Gasteiger partial charge in [0, 0.05) is 16.5 Å². The van der Waals surface area contributed by atoms with E-state index in [1.54, 1.807) is 6.07 Å². The lowest BCUT2D eigenvalue weighted by Gasteiger charge is -2.08. The van der Waals surface area contributed by atoms with Gasteiger partial charge >= 0.3 is 0 Å². The molecule has 138 valence electrons. The number of aromatic hydroxyl groups is 1. The Morgan fingerprint density at radius 3 is 2.74 bits per heavy atom. The van der Waals surface area contributed by atoms with Crippen LogP contribution >= 0.6 is 31.9 Å². The zero-order valence-corrected chi connectivity index (χ0v) is 17.8. The van der Waals surface area contributed by atoms with Crippen molar-refractivity contribution >= 4 is 54.8 Å². The van der Waals surface area contributed by atoms with Crippen molar-refractivity contribution in [2.45, 2.75) is 19.8 Å². The fourth-order valence-electron chi connectivity index (χ4n) is 2.81. The first-order chi connectivity index (χ1) is 13.0. The molecule has 0 saturated heterocycles. The predicted molar refractivity (Wildman–Crippen MR) is 116 cm³/mol. The second-order valence-electron chi connectivity index (χ2n) is 6.17. The molecule has 4 nitrogen and oxygen atoms in total. The highest BCUT2D eigenvalue weighted by molar-refractivity contribution is 9.11. The predicted octanol–water partition coefficient (Wildman–Crippen LogP) is 5.46. The summed E-state index contributed by atoms with van der Waals surface area (Å²) in [5.74, 6) is -0.0895. The van der Waals surface area contributed by atoms with Gasteiger partial charge < -0.3 is 5.11 Å². The maximum atomic E-state index is 12.1.